The second kappa shape index (κ2) is 10.3. The number of hydrogen-bond acceptors (Lipinski definition) is 9. The smallest absolute Gasteiger partial charge is 0.186 e. The van der Waals surface area contributed by atoms with Gasteiger partial charge in [-0.2, -0.15) is 0 Å². The van der Waals surface area contributed by atoms with E-state index in [2.05, 4.69) is 6.92 Å². The Balaban J connectivity index is 0.00000312. The summed E-state index contributed by atoms with van der Waals surface area (Å²) < 4.78 is 21.3. The molecule has 0 saturated carbocycles. The van der Waals surface area contributed by atoms with Gasteiger partial charge < -0.3 is 51.4 Å². The maximum atomic E-state index is 10.2. The summed E-state index contributed by atoms with van der Waals surface area (Å²) in [5.74, 6) is -0.448. The Morgan fingerprint density at radius 3 is 2.08 bits per heavy atom. The van der Waals surface area contributed by atoms with Crippen molar-refractivity contribution < 1.29 is 77.2 Å². The van der Waals surface area contributed by atoms with Crippen LogP contribution in [0.4, 0.5) is 0 Å². The number of aliphatic hydroxyl groups excluding tert-OH is 5. The van der Waals surface area contributed by atoms with Crippen LogP contribution in [0, 0.1) is 12.8 Å². The fourth-order valence-electron chi connectivity index (χ4n) is 3.21. The SMILES string of the molecule is [CH2-]C1O[C@@H](OC)C(O)C(O)C1O[C@@H]1OC(CO)C(CC)C(O)C1O.[Y]. The molecule has 0 bridgehead atoms. The first-order valence-electron chi connectivity index (χ1n) is 8.01. The molecular weight excluding hydrogens is 413 g/mol. The molecule has 0 aliphatic carbocycles. The van der Waals surface area contributed by atoms with E-state index in [0.717, 1.165) is 0 Å². The molecule has 8 unspecified atom stereocenters. The molecule has 2 rings (SSSR count). The third-order valence-corrected chi connectivity index (χ3v) is 4.67. The van der Waals surface area contributed by atoms with Gasteiger partial charge in [-0.05, 0) is 12.5 Å². The van der Waals surface area contributed by atoms with Crippen molar-refractivity contribution in [3.8, 4) is 0 Å². The van der Waals surface area contributed by atoms with Gasteiger partial charge in [0.25, 0.3) is 0 Å². The van der Waals surface area contributed by atoms with Crippen molar-refractivity contribution >= 4 is 0 Å². The predicted molar refractivity (Wildman–Crippen MR) is 79.5 cm³/mol. The maximum Gasteiger partial charge on any atom is 0.186 e. The normalized spacial score (nSPS) is 48.0. The van der Waals surface area contributed by atoms with E-state index in [1.807, 2.05) is 0 Å². The minimum absolute atomic E-state index is 0. The van der Waals surface area contributed by atoms with Crippen molar-refractivity contribution in [3.05, 3.63) is 6.92 Å². The minimum atomic E-state index is -1.39. The molecule has 2 aliphatic rings. The molecule has 0 spiro atoms. The van der Waals surface area contributed by atoms with Gasteiger partial charge in [0.2, 0.25) is 0 Å². The van der Waals surface area contributed by atoms with E-state index >= 15 is 0 Å². The average molecular weight is 440 g/mol. The zero-order valence-corrected chi connectivity index (χ0v) is 17.2. The van der Waals surface area contributed by atoms with Crippen molar-refractivity contribution in [2.45, 2.75) is 68.7 Å². The Hall–Kier alpha value is 0.744. The number of aliphatic hydroxyl groups is 5. The average Bonchev–Trinajstić information content (AvgIpc) is 2.58. The summed E-state index contributed by atoms with van der Waals surface area (Å²) in [4.78, 5) is 0. The Bertz CT molecular complexity index is 399. The Morgan fingerprint density at radius 1 is 0.960 bits per heavy atom. The van der Waals surface area contributed by atoms with Crippen molar-refractivity contribution in [1.29, 1.82) is 0 Å². The summed E-state index contributed by atoms with van der Waals surface area (Å²) in [6.07, 6.45) is -9.91. The third-order valence-electron chi connectivity index (χ3n) is 4.67. The minimum Gasteiger partial charge on any atom is -0.394 e. The molecule has 25 heavy (non-hydrogen) atoms. The van der Waals surface area contributed by atoms with Crippen LogP contribution in [0.3, 0.4) is 0 Å². The van der Waals surface area contributed by atoms with Gasteiger partial charge in [0.1, 0.15) is 18.3 Å². The van der Waals surface area contributed by atoms with Gasteiger partial charge in [-0.3, -0.25) is 0 Å². The molecule has 145 valence electrons. The van der Waals surface area contributed by atoms with Crippen molar-refractivity contribution in [2.75, 3.05) is 13.7 Å². The Labute approximate surface area is 172 Å². The van der Waals surface area contributed by atoms with Gasteiger partial charge in [-0.1, -0.05) is 6.92 Å². The van der Waals surface area contributed by atoms with Crippen LogP contribution in [0.25, 0.3) is 0 Å². The monoisotopic (exact) mass is 440 g/mol. The second-order valence-corrected chi connectivity index (χ2v) is 6.14. The number of rotatable bonds is 5. The van der Waals surface area contributed by atoms with Crippen LogP contribution < -0.4 is 0 Å². The molecule has 5 N–H and O–H groups in total. The van der Waals surface area contributed by atoms with E-state index < -0.39 is 61.2 Å². The van der Waals surface area contributed by atoms with Crippen LogP contribution in [0.5, 0.6) is 0 Å². The van der Waals surface area contributed by atoms with E-state index in [1.54, 1.807) is 6.92 Å². The van der Waals surface area contributed by atoms with E-state index in [4.69, 9.17) is 18.9 Å². The third kappa shape index (κ3) is 4.97. The van der Waals surface area contributed by atoms with Gasteiger partial charge in [-0.15, -0.1) is 0 Å². The first-order valence-corrected chi connectivity index (χ1v) is 8.01. The standard InChI is InChI=1S/C15H27O9.Y/c1-4-7-8(5-16)23-15(11(19)9(7)17)24-13-6(2)22-14(21-3)12(20)10(13)18;/h6-20H,2,4-5H2,1,3H3;/q-1;/t6?,7?,8?,9?,10?,11?,12?,13?,14-,15+;/m1./s1. The number of ether oxygens (including phenoxy) is 4. The first-order chi connectivity index (χ1) is 11.3. The molecular formula is C15H27O9Y-. The van der Waals surface area contributed by atoms with Gasteiger partial charge in [0.05, 0.1) is 24.9 Å². The molecule has 10 heteroatoms. The molecule has 1 radical (unpaired) electrons. The zero-order valence-electron chi connectivity index (χ0n) is 14.3. The quantitative estimate of drug-likeness (QED) is 0.301. The fourth-order valence-corrected chi connectivity index (χ4v) is 3.21. The van der Waals surface area contributed by atoms with Crippen molar-refractivity contribution in [1.82, 2.24) is 0 Å². The second-order valence-electron chi connectivity index (χ2n) is 6.14. The predicted octanol–water partition coefficient (Wildman–Crippen LogP) is -2.24. The largest absolute Gasteiger partial charge is 0.394 e. The molecule has 10 atom stereocenters. The van der Waals surface area contributed by atoms with Crippen molar-refractivity contribution in [3.63, 3.8) is 0 Å². The van der Waals surface area contributed by atoms with Gasteiger partial charge in [0.15, 0.2) is 12.6 Å². The summed E-state index contributed by atoms with van der Waals surface area (Å²) in [7, 11) is 1.32. The summed E-state index contributed by atoms with van der Waals surface area (Å²) in [5, 5.41) is 50.0. The van der Waals surface area contributed by atoms with Gasteiger partial charge in [-0.25, -0.2) is 0 Å². The fraction of sp³-hybridized carbons (Fsp3) is 0.933. The van der Waals surface area contributed by atoms with Crippen LogP contribution in [0.1, 0.15) is 13.3 Å². The molecule has 2 saturated heterocycles. The van der Waals surface area contributed by atoms with E-state index in [9.17, 15) is 25.5 Å². The molecule has 9 nitrogen and oxygen atoms in total. The van der Waals surface area contributed by atoms with Gasteiger partial charge in [0, 0.05) is 45.7 Å². The Morgan fingerprint density at radius 2 is 1.56 bits per heavy atom. The molecule has 0 amide bonds. The molecule has 2 aliphatic heterocycles. The summed E-state index contributed by atoms with van der Waals surface area (Å²) >= 11 is 0. The van der Waals surface area contributed by atoms with Crippen LogP contribution in [0.15, 0.2) is 0 Å². The van der Waals surface area contributed by atoms with Crippen LogP contribution >= 0.6 is 0 Å². The molecule has 0 aromatic rings. The molecule has 0 aromatic heterocycles. The topological polar surface area (TPSA) is 138 Å². The maximum absolute atomic E-state index is 10.2. The molecule has 0 aromatic carbocycles. The van der Waals surface area contributed by atoms with Crippen LogP contribution in [-0.2, 0) is 51.7 Å². The first kappa shape index (κ1) is 23.8. The van der Waals surface area contributed by atoms with Crippen LogP contribution in [-0.4, -0.2) is 94.6 Å². The van der Waals surface area contributed by atoms with Crippen LogP contribution in [0.2, 0.25) is 0 Å². The zero-order chi connectivity index (χ0) is 18.0. The summed E-state index contributed by atoms with van der Waals surface area (Å²) in [6, 6.07) is 0. The molecule has 2 fully saturated rings. The Kier molecular flexibility index (Phi) is 9.83. The summed E-state index contributed by atoms with van der Waals surface area (Å²) in [6.45, 7) is 5.15. The van der Waals surface area contributed by atoms with Crippen molar-refractivity contribution in [2.24, 2.45) is 5.92 Å². The molecule has 2 heterocycles. The number of hydrogen-bond donors (Lipinski definition) is 5. The summed E-state index contributed by atoms with van der Waals surface area (Å²) in [5.41, 5.74) is 0. The van der Waals surface area contributed by atoms with E-state index in [0.29, 0.717) is 6.42 Å². The number of methoxy groups -OCH3 is 1. The van der Waals surface area contributed by atoms with Gasteiger partial charge >= 0.3 is 0 Å². The van der Waals surface area contributed by atoms with E-state index in [-0.39, 0.29) is 39.3 Å². The van der Waals surface area contributed by atoms with E-state index in [1.165, 1.54) is 7.11 Å².